The van der Waals surface area contributed by atoms with Crippen LogP contribution in [0.1, 0.15) is 35.2 Å². The van der Waals surface area contributed by atoms with E-state index in [1.807, 2.05) is 6.07 Å². The predicted octanol–water partition coefficient (Wildman–Crippen LogP) is 4.34. The second kappa shape index (κ2) is 8.26. The van der Waals surface area contributed by atoms with Gasteiger partial charge in [-0.2, -0.15) is 0 Å². The van der Waals surface area contributed by atoms with Crippen molar-refractivity contribution in [3.8, 4) is 0 Å². The number of aryl methyl sites for hydroxylation is 1. The van der Waals surface area contributed by atoms with Gasteiger partial charge in [0.15, 0.2) is 17.5 Å². The number of anilines is 2. The molecule has 0 aliphatic heterocycles. The minimum Gasteiger partial charge on any atom is -0.390 e. The summed E-state index contributed by atoms with van der Waals surface area (Å²) in [4.78, 5) is 17.3. The van der Waals surface area contributed by atoms with Crippen molar-refractivity contribution >= 4 is 39.9 Å². The van der Waals surface area contributed by atoms with Crippen molar-refractivity contribution in [1.82, 2.24) is 5.48 Å². The van der Waals surface area contributed by atoms with Gasteiger partial charge >= 0.3 is 0 Å². The number of hydrogen-bond acceptors (Lipinski definition) is 4. The largest absolute Gasteiger partial charge is 0.390 e. The van der Waals surface area contributed by atoms with Gasteiger partial charge in [-0.25, -0.2) is 18.7 Å². The first-order valence-electron chi connectivity index (χ1n) is 8.55. The second-order valence-corrected chi connectivity index (χ2v) is 7.99. The Hall–Kier alpha value is -1.85. The average molecular weight is 506 g/mol. The Bertz CT molecular complexity index is 920. The van der Waals surface area contributed by atoms with Gasteiger partial charge in [-0.1, -0.05) is 0 Å². The third kappa shape index (κ3) is 4.76. The molecule has 9 heteroatoms. The summed E-state index contributed by atoms with van der Waals surface area (Å²) in [5.41, 5.74) is 1.55. The van der Waals surface area contributed by atoms with Gasteiger partial charge in [-0.15, -0.1) is 0 Å². The lowest BCUT2D eigenvalue weighted by molar-refractivity contribution is 0.0120. The minimum absolute atomic E-state index is 0.0351. The molecular weight excluding hydrogens is 488 g/mol. The van der Waals surface area contributed by atoms with Crippen molar-refractivity contribution in [3.05, 3.63) is 56.4 Å². The molecule has 28 heavy (non-hydrogen) atoms. The van der Waals surface area contributed by atoms with Crippen LogP contribution < -0.4 is 10.8 Å². The monoisotopic (exact) mass is 506 g/mol. The van der Waals surface area contributed by atoms with Gasteiger partial charge in [-0.3, -0.25) is 9.63 Å². The van der Waals surface area contributed by atoms with Gasteiger partial charge < -0.3 is 10.4 Å². The van der Waals surface area contributed by atoms with Gasteiger partial charge in [0, 0.05) is 15.7 Å². The third-order valence-corrected chi connectivity index (χ3v) is 5.19. The van der Waals surface area contributed by atoms with Gasteiger partial charge in [-0.05, 0) is 72.2 Å². The molecule has 0 heterocycles. The first-order chi connectivity index (χ1) is 13.2. The van der Waals surface area contributed by atoms with Crippen molar-refractivity contribution in [2.24, 2.45) is 0 Å². The van der Waals surface area contributed by atoms with E-state index in [0.717, 1.165) is 9.13 Å². The Morgan fingerprint density at radius 1 is 1.25 bits per heavy atom. The van der Waals surface area contributed by atoms with E-state index in [1.54, 1.807) is 19.1 Å². The lowest BCUT2D eigenvalue weighted by Gasteiger charge is -2.16. The summed E-state index contributed by atoms with van der Waals surface area (Å²) in [6.07, 6.45) is 1.66. The average Bonchev–Trinajstić information content (AvgIpc) is 3.38. The molecular formula is C19H18F3IN2O3. The molecule has 5 nitrogen and oxygen atoms in total. The summed E-state index contributed by atoms with van der Waals surface area (Å²) in [6, 6.07) is 5.81. The molecule has 0 atom stereocenters. The van der Waals surface area contributed by atoms with E-state index in [1.165, 1.54) is 0 Å². The van der Waals surface area contributed by atoms with E-state index in [2.05, 4.69) is 33.4 Å². The van der Waals surface area contributed by atoms with Crippen LogP contribution in [0.15, 0.2) is 24.3 Å². The second-order valence-electron chi connectivity index (χ2n) is 6.75. The number of benzene rings is 2. The highest BCUT2D eigenvalue weighted by Gasteiger charge is 2.39. The number of carbonyl (C=O) groups excluding carboxylic acids is 1. The minimum atomic E-state index is -1.68. The van der Waals surface area contributed by atoms with Gasteiger partial charge in [0.25, 0.3) is 5.91 Å². The lowest BCUT2D eigenvalue weighted by atomic mass is 10.1. The van der Waals surface area contributed by atoms with Gasteiger partial charge in [0.05, 0.1) is 23.5 Å². The molecule has 0 bridgehead atoms. The standard InChI is InChI=1S/C19H18F3IN2O3/c1-10-8-11(23)2-3-14(10)24-17-12(9-13(20)15(21)16(17)22)18(26)25-28-7-6-19(27)4-5-19/h2-3,8-9,24,27H,4-7H2,1H3,(H,25,26). The van der Waals surface area contributed by atoms with Gasteiger partial charge in [0.1, 0.15) is 0 Å². The van der Waals surface area contributed by atoms with E-state index in [0.29, 0.717) is 31.0 Å². The van der Waals surface area contributed by atoms with E-state index < -0.39 is 40.2 Å². The number of aliphatic hydroxyl groups is 1. The van der Waals surface area contributed by atoms with Gasteiger partial charge in [0.2, 0.25) is 0 Å². The lowest BCUT2D eigenvalue weighted by Crippen LogP contribution is -2.27. The Kier molecular flexibility index (Phi) is 6.15. The predicted molar refractivity (Wildman–Crippen MR) is 106 cm³/mol. The quantitative estimate of drug-likeness (QED) is 0.226. The molecule has 0 aromatic heterocycles. The summed E-state index contributed by atoms with van der Waals surface area (Å²) >= 11 is 2.11. The smallest absolute Gasteiger partial charge is 0.277 e. The topological polar surface area (TPSA) is 70.6 Å². The van der Waals surface area contributed by atoms with Crippen LogP contribution in [0, 0.1) is 27.9 Å². The van der Waals surface area contributed by atoms with Crippen LogP contribution in [-0.4, -0.2) is 23.2 Å². The normalized spacial score (nSPS) is 14.6. The number of rotatable bonds is 7. The fourth-order valence-electron chi connectivity index (χ4n) is 2.61. The fourth-order valence-corrected chi connectivity index (χ4v) is 3.25. The number of halogens is 4. The van der Waals surface area contributed by atoms with Crippen molar-refractivity contribution in [2.45, 2.75) is 31.8 Å². The molecule has 1 fully saturated rings. The van der Waals surface area contributed by atoms with Crippen LogP contribution in [0.3, 0.4) is 0 Å². The molecule has 3 rings (SSSR count). The maximum absolute atomic E-state index is 14.4. The van der Waals surface area contributed by atoms with Crippen LogP contribution in [0.4, 0.5) is 24.5 Å². The van der Waals surface area contributed by atoms with Crippen LogP contribution in [0.5, 0.6) is 0 Å². The van der Waals surface area contributed by atoms with Crippen molar-refractivity contribution in [1.29, 1.82) is 0 Å². The first kappa shape index (κ1) is 20.9. The maximum atomic E-state index is 14.4. The van der Waals surface area contributed by atoms with Crippen LogP contribution >= 0.6 is 22.6 Å². The zero-order valence-electron chi connectivity index (χ0n) is 14.9. The molecule has 2 aromatic rings. The van der Waals surface area contributed by atoms with E-state index in [4.69, 9.17) is 4.84 Å². The molecule has 0 radical (unpaired) electrons. The van der Waals surface area contributed by atoms with Crippen LogP contribution in [0.25, 0.3) is 0 Å². The number of amides is 1. The summed E-state index contributed by atoms with van der Waals surface area (Å²) < 4.78 is 42.8. The Morgan fingerprint density at radius 3 is 2.61 bits per heavy atom. The number of nitrogens with one attached hydrogen (secondary N) is 2. The van der Waals surface area contributed by atoms with E-state index in [-0.39, 0.29) is 6.61 Å². The van der Waals surface area contributed by atoms with Crippen molar-refractivity contribution < 1.29 is 27.9 Å². The Morgan fingerprint density at radius 2 is 1.96 bits per heavy atom. The Labute approximate surface area is 173 Å². The molecule has 1 amide bonds. The molecule has 0 saturated heterocycles. The van der Waals surface area contributed by atoms with Crippen LogP contribution in [-0.2, 0) is 4.84 Å². The van der Waals surface area contributed by atoms with Crippen LogP contribution in [0.2, 0.25) is 0 Å². The maximum Gasteiger partial charge on any atom is 0.277 e. The molecule has 1 saturated carbocycles. The highest BCUT2D eigenvalue weighted by molar-refractivity contribution is 14.1. The molecule has 0 spiro atoms. The Balaban J connectivity index is 1.81. The number of hydroxylamine groups is 1. The molecule has 1 aliphatic carbocycles. The first-order valence-corrected chi connectivity index (χ1v) is 9.63. The van der Waals surface area contributed by atoms with Crippen molar-refractivity contribution in [3.63, 3.8) is 0 Å². The van der Waals surface area contributed by atoms with Crippen molar-refractivity contribution in [2.75, 3.05) is 11.9 Å². The third-order valence-electron chi connectivity index (χ3n) is 4.52. The fraction of sp³-hybridized carbons (Fsp3) is 0.316. The number of carbonyl (C=O) groups is 1. The number of hydrogen-bond donors (Lipinski definition) is 3. The highest BCUT2D eigenvalue weighted by atomic mass is 127. The molecule has 1 aliphatic rings. The van der Waals surface area contributed by atoms with E-state index >= 15 is 0 Å². The molecule has 3 N–H and O–H groups in total. The zero-order valence-corrected chi connectivity index (χ0v) is 17.1. The van der Waals surface area contributed by atoms with E-state index in [9.17, 15) is 23.1 Å². The summed E-state index contributed by atoms with van der Waals surface area (Å²) in [5, 5.41) is 12.4. The highest BCUT2D eigenvalue weighted by Crippen LogP contribution is 2.38. The molecule has 150 valence electrons. The zero-order chi connectivity index (χ0) is 20.5. The summed E-state index contributed by atoms with van der Waals surface area (Å²) in [6.45, 7) is 1.79. The molecule has 0 unspecified atom stereocenters. The summed E-state index contributed by atoms with van der Waals surface area (Å²) in [5.74, 6) is -5.61. The molecule has 2 aromatic carbocycles. The summed E-state index contributed by atoms with van der Waals surface area (Å²) in [7, 11) is 0. The SMILES string of the molecule is Cc1cc(I)ccc1Nc1c(C(=O)NOCCC2(O)CC2)cc(F)c(F)c1F.